The summed E-state index contributed by atoms with van der Waals surface area (Å²) < 4.78 is 13.8. The monoisotopic (exact) mass is 314 g/mol. The van der Waals surface area contributed by atoms with Gasteiger partial charge in [-0.25, -0.2) is 4.39 Å². The first-order valence-electron chi connectivity index (χ1n) is 6.00. The van der Waals surface area contributed by atoms with E-state index in [1.165, 1.54) is 6.07 Å². The summed E-state index contributed by atoms with van der Waals surface area (Å²) in [5.41, 5.74) is 6.25. The van der Waals surface area contributed by atoms with E-state index < -0.39 is 5.82 Å². The molecule has 1 aromatic rings. The van der Waals surface area contributed by atoms with Crippen LogP contribution in [0.5, 0.6) is 0 Å². The van der Waals surface area contributed by atoms with E-state index in [9.17, 15) is 9.18 Å². The minimum Gasteiger partial charge on any atom is -0.336 e. The Balaban J connectivity index is 2.18. The summed E-state index contributed by atoms with van der Waals surface area (Å²) >= 11 is 3.08. The van der Waals surface area contributed by atoms with Gasteiger partial charge in [0.15, 0.2) is 0 Å². The van der Waals surface area contributed by atoms with Gasteiger partial charge in [-0.1, -0.05) is 0 Å². The average Bonchev–Trinajstić information content (AvgIpc) is 2.32. The molecular weight excluding hydrogens is 299 g/mol. The molecule has 0 unspecified atom stereocenters. The molecule has 0 saturated carbocycles. The molecular formula is C13H16BrFN2O. The maximum absolute atomic E-state index is 13.4. The number of piperidine rings is 1. The van der Waals surface area contributed by atoms with E-state index in [4.69, 9.17) is 5.73 Å². The topological polar surface area (TPSA) is 46.3 Å². The first-order valence-corrected chi connectivity index (χ1v) is 6.80. The van der Waals surface area contributed by atoms with Gasteiger partial charge in [0.1, 0.15) is 5.82 Å². The van der Waals surface area contributed by atoms with Crippen molar-refractivity contribution in [3.8, 4) is 0 Å². The molecule has 1 aliphatic heterocycles. The molecule has 18 heavy (non-hydrogen) atoms. The van der Waals surface area contributed by atoms with Crippen LogP contribution in [0.1, 0.15) is 30.1 Å². The van der Waals surface area contributed by atoms with Crippen LogP contribution in [0.15, 0.2) is 22.7 Å². The summed E-state index contributed by atoms with van der Waals surface area (Å²) in [6.07, 6.45) is 1.60. The third-order valence-electron chi connectivity index (χ3n) is 3.34. The molecule has 2 atom stereocenters. The lowest BCUT2D eigenvalue weighted by molar-refractivity contribution is 0.0618. The highest BCUT2D eigenvalue weighted by atomic mass is 79.9. The van der Waals surface area contributed by atoms with Crippen molar-refractivity contribution < 1.29 is 9.18 Å². The number of nitrogens with zero attached hydrogens (tertiary/aromatic N) is 1. The summed E-state index contributed by atoms with van der Waals surface area (Å²) in [5.74, 6) is -0.539. The molecule has 1 aromatic carbocycles. The van der Waals surface area contributed by atoms with E-state index in [1.807, 2.05) is 6.92 Å². The van der Waals surface area contributed by atoms with Gasteiger partial charge in [0, 0.05) is 24.2 Å². The standard InChI is InChI=1S/C13H16BrFN2O/c1-8-6-10(16)4-5-17(8)13(18)9-2-3-11(14)12(15)7-9/h2-3,7-8,10H,4-6,16H2,1H3/t8-,10+/m0/s1. The van der Waals surface area contributed by atoms with Crippen LogP contribution >= 0.6 is 15.9 Å². The van der Waals surface area contributed by atoms with Crippen LogP contribution in [0, 0.1) is 5.82 Å². The molecule has 1 heterocycles. The Morgan fingerprint density at radius 2 is 2.28 bits per heavy atom. The van der Waals surface area contributed by atoms with Crippen molar-refractivity contribution in [1.82, 2.24) is 4.90 Å². The number of carbonyl (C=O) groups excluding carboxylic acids is 1. The van der Waals surface area contributed by atoms with Gasteiger partial charge < -0.3 is 10.6 Å². The van der Waals surface area contributed by atoms with E-state index in [0.29, 0.717) is 16.6 Å². The van der Waals surface area contributed by atoms with Crippen molar-refractivity contribution in [2.45, 2.75) is 31.8 Å². The van der Waals surface area contributed by atoms with E-state index in [0.717, 1.165) is 12.8 Å². The Morgan fingerprint density at radius 3 is 2.89 bits per heavy atom. The Labute approximate surface area is 114 Å². The molecule has 0 aliphatic carbocycles. The molecule has 1 fully saturated rings. The lowest BCUT2D eigenvalue weighted by atomic mass is 9.98. The molecule has 98 valence electrons. The van der Waals surface area contributed by atoms with Gasteiger partial charge in [-0.05, 0) is 53.9 Å². The normalized spacial score (nSPS) is 24.1. The largest absolute Gasteiger partial charge is 0.336 e. The van der Waals surface area contributed by atoms with Crippen LogP contribution < -0.4 is 5.73 Å². The lowest BCUT2D eigenvalue weighted by Crippen LogP contribution is -2.48. The first kappa shape index (κ1) is 13.5. The Bertz CT molecular complexity index is 466. The van der Waals surface area contributed by atoms with Crippen molar-refractivity contribution >= 4 is 21.8 Å². The first-order chi connectivity index (χ1) is 8.49. The fraction of sp³-hybridized carbons (Fsp3) is 0.462. The van der Waals surface area contributed by atoms with E-state index in [1.54, 1.807) is 17.0 Å². The third-order valence-corrected chi connectivity index (χ3v) is 3.99. The number of nitrogens with two attached hydrogens (primary N) is 1. The zero-order valence-electron chi connectivity index (χ0n) is 10.2. The van der Waals surface area contributed by atoms with Crippen molar-refractivity contribution in [2.75, 3.05) is 6.54 Å². The lowest BCUT2D eigenvalue weighted by Gasteiger charge is -2.36. The van der Waals surface area contributed by atoms with E-state index in [2.05, 4.69) is 15.9 Å². The molecule has 2 N–H and O–H groups in total. The Hall–Kier alpha value is -0.940. The zero-order valence-corrected chi connectivity index (χ0v) is 11.8. The number of amides is 1. The van der Waals surface area contributed by atoms with Crippen LogP contribution in [-0.4, -0.2) is 29.4 Å². The summed E-state index contributed by atoms with van der Waals surface area (Å²) in [4.78, 5) is 14.1. The van der Waals surface area contributed by atoms with Gasteiger partial charge in [-0.2, -0.15) is 0 Å². The minimum absolute atomic E-state index is 0.105. The van der Waals surface area contributed by atoms with Crippen molar-refractivity contribution in [1.29, 1.82) is 0 Å². The number of carbonyl (C=O) groups is 1. The molecule has 0 bridgehead atoms. The predicted molar refractivity (Wildman–Crippen MR) is 71.8 cm³/mol. The van der Waals surface area contributed by atoms with Gasteiger partial charge in [0.25, 0.3) is 5.91 Å². The zero-order chi connectivity index (χ0) is 13.3. The van der Waals surface area contributed by atoms with Gasteiger partial charge >= 0.3 is 0 Å². The fourth-order valence-corrected chi connectivity index (χ4v) is 2.55. The SMILES string of the molecule is C[C@H]1C[C@H](N)CCN1C(=O)c1ccc(Br)c(F)c1. The summed E-state index contributed by atoms with van der Waals surface area (Å²) in [7, 11) is 0. The molecule has 0 spiro atoms. The highest BCUT2D eigenvalue weighted by molar-refractivity contribution is 9.10. The fourth-order valence-electron chi connectivity index (χ4n) is 2.31. The molecule has 1 aliphatic rings. The molecule has 0 aromatic heterocycles. The Morgan fingerprint density at radius 1 is 1.56 bits per heavy atom. The molecule has 2 rings (SSSR count). The smallest absolute Gasteiger partial charge is 0.254 e. The van der Waals surface area contributed by atoms with Gasteiger partial charge in [-0.15, -0.1) is 0 Å². The summed E-state index contributed by atoms with van der Waals surface area (Å²) in [6.45, 7) is 2.62. The number of likely N-dealkylation sites (tertiary alicyclic amines) is 1. The van der Waals surface area contributed by atoms with Crippen molar-refractivity contribution in [3.05, 3.63) is 34.1 Å². The molecule has 0 radical (unpaired) electrons. The highest BCUT2D eigenvalue weighted by Crippen LogP contribution is 2.21. The van der Waals surface area contributed by atoms with Crippen LogP contribution in [0.4, 0.5) is 4.39 Å². The van der Waals surface area contributed by atoms with Crippen LogP contribution in [-0.2, 0) is 0 Å². The van der Waals surface area contributed by atoms with E-state index in [-0.39, 0.29) is 18.0 Å². The average molecular weight is 315 g/mol. The van der Waals surface area contributed by atoms with Crippen LogP contribution in [0.2, 0.25) is 0 Å². The molecule has 5 heteroatoms. The second kappa shape index (κ2) is 5.36. The van der Waals surface area contributed by atoms with Crippen LogP contribution in [0.3, 0.4) is 0 Å². The maximum Gasteiger partial charge on any atom is 0.254 e. The molecule has 1 saturated heterocycles. The minimum atomic E-state index is -0.415. The second-order valence-corrected chi connectivity index (χ2v) is 5.62. The molecule has 1 amide bonds. The van der Waals surface area contributed by atoms with Gasteiger partial charge in [0.2, 0.25) is 0 Å². The Kier molecular flexibility index (Phi) is 4.02. The van der Waals surface area contributed by atoms with Gasteiger partial charge in [-0.3, -0.25) is 4.79 Å². The maximum atomic E-state index is 13.4. The summed E-state index contributed by atoms with van der Waals surface area (Å²) in [6, 6.07) is 4.73. The predicted octanol–water partition coefficient (Wildman–Crippen LogP) is 2.54. The van der Waals surface area contributed by atoms with Gasteiger partial charge in [0.05, 0.1) is 4.47 Å². The number of halogens is 2. The van der Waals surface area contributed by atoms with Crippen molar-refractivity contribution in [2.24, 2.45) is 5.73 Å². The summed E-state index contributed by atoms with van der Waals surface area (Å²) in [5, 5.41) is 0. The quantitative estimate of drug-likeness (QED) is 0.866. The second-order valence-electron chi connectivity index (χ2n) is 4.76. The number of rotatable bonds is 1. The highest BCUT2D eigenvalue weighted by Gasteiger charge is 2.27. The van der Waals surface area contributed by atoms with E-state index >= 15 is 0 Å². The molecule has 3 nitrogen and oxygen atoms in total. The number of benzene rings is 1. The number of hydrogen-bond donors (Lipinski definition) is 1. The number of hydrogen-bond acceptors (Lipinski definition) is 2. The third kappa shape index (κ3) is 2.72. The van der Waals surface area contributed by atoms with Crippen LogP contribution in [0.25, 0.3) is 0 Å². The van der Waals surface area contributed by atoms with Crippen molar-refractivity contribution in [3.63, 3.8) is 0 Å².